The molecule has 4 N–H and O–H groups in total. The number of aromatic nitrogens is 1. The third-order valence-corrected chi connectivity index (χ3v) is 4.23. The van der Waals surface area contributed by atoms with E-state index in [4.69, 9.17) is 5.73 Å². The SMILES string of the molecule is NCc1cc(S(=O)(=O)Nc2ccc(Br)cc2)c[nH]1. The van der Waals surface area contributed by atoms with E-state index in [2.05, 4.69) is 25.6 Å². The Morgan fingerprint density at radius 2 is 1.94 bits per heavy atom. The zero-order chi connectivity index (χ0) is 13.2. The zero-order valence-corrected chi connectivity index (χ0v) is 11.8. The van der Waals surface area contributed by atoms with Crippen LogP contribution in [0.4, 0.5) is 5.69 Å². The summed E-state index contributed by atoms with van der Waals surface area (Å²) in [6.45, 7) is 0.272. The van der Waals surface area contributed by atoms with Gasteiger partial charge in [0.2, 0.25) is 0 Å². The van der Waals surface area contributed by atoms with Gasteiger partial charge in [0, 0.05) is 28.6 Å². The highest BCUT2D eigenvalue weighted by atomic mass is 79.9. The smallest absolute Gasteiger partial charge is 0.263 e. The van der Waals surface area contributed by atoms with Crippen LogP contribution in [0.1, 0.15) is 5.69 Å². The van der Waals surface area contributed by atoms with Gasteiger partial charge in [-0.05, 0) is 30.3 Å². The summed E-state index contributed by atoms with van der Waals surface area (Å²) in [5, 5.41) is 0. The van der Waals surface area contributed by atoms with E-state index in [0.717, 1.165) is 4.47 Å². The minimum atomic E-state index is -3.57. The number of benzene rings is 1. The summed E-state index contributed by atoms with van der Waals surface area (Å²) in [6.07, 6.45) is 1.42. The Labute approximate surface area is 114 Å². The second kappa shape index (κ2) is 5.13. The van der Waals surface area contributed by atoms with Crippen LogP contribution in [0, 0.1) is 0 Å². The molecule has 5 nitrogen and oxygen atoms in total. The topological polar surface area (TPSA) is 88.0 Å². The number of hydrogen-bond donors (Lipinski definition) is 3. The summed E-state index contributed by atoms with van der Waals surface area (Å²) in [5.74, 6) is 0. The Kier molecular flexibility index (Phi) is 3.74. The number of anilines is 1. The Hall–Kier alpha value is -1.31. The Morgan fingerprint density at radius 1 is 1.28 bits per heavy atom. The lowest BCUT2D eigenvalue weighted by atomic mass is 10.3. The molecule has 0 spiro atoms. The van der Waals surface area contributed by atoms with Crippen molar-refractivity contribution in [2.45, 2.75) is 11.4 Å². The number of H-pyrrole nitrogens is 1. The maximum Gasteiger partial charge on any atom is 0.263 e. The van der Waals surface area contributed by atoms with E-state index in [1.54, 1.807) is 24.3 Å². The van der Waals surface area contributed by atoms with E-state index < -0.39 is 10.0 Å². The molecule has 2 rings (SSSR count). The van der Waals surface area contributed by atoms with Gasteiger partial charge in [-0.25, -0.2) is 8.42 Å². The van der Waals surface area contributed by atoms with Gasteiger partial charge in [-0.15, -0.1) is 0 Å². The molecule has 0 aliphatic carbocycles. The van der Waals surface area contributed by atoms with Crippen LogP contribution in [0.5, 0.6) is 0 Å². The Balaban J connectivity index is 2.24. The summed E-state index contributed by atoms with van der Waals surface area (Å²) in [5.41, 5.74) is 6.60. The summed E-state index contributed by atoms with van der Waals surface area (Å²) in [4.78, 5) is 2.98. The van der Waals surface area contributed by atoms with Crippen molar-refractivity contribution in [1.82, 2.24) is 4.98 Å². The van der Waals surface area contributed by atoms with Crippen molar-refractivity contribution in [3.8, 4) is 0 Å². The fourth-order valence-corrected chi connectivity index (χ4v) is 2.76. The second-order valence-corrected chi connectivity index (χ2v) is 6.28. The number of nitrogens with two attached hydrogens (primary N) is 1. The highest BCUT2D eigenvalue weighted by Gasteiger charge is 2.15. The van der Waals surface area contributed by atoms with Crippen LogP contribution in [0.15, 0.2) is 45.9 Å². The molecule has 0 unspecified atom stereocenters. The van der Waals surface area contributed by atoms with Gasteiger partial charge < -0.3 is 10.7 Å². The van der Waals surface area contributed by atoms with E-state index in [-0.39, 0.29) is 11.4 Å². The van der Waals surface area contributed by atoms with Gasteiger partial charge in [-0.1, -0.05) is 15.9 Å². The predicted octanol–water partition coefficient (Wildman–Crippen LogP) is 2.04. The van der Waals surface area contributed by atoms with Crippen molar-refractivity contribution in [2.24, 2.45) is 5.73 Å². The van der Waals surface area contributed by atoms with E-state index in [0.29, 0.717) is 11.4 Å². The van der Waals surface area contributed by atoms with Crippen LogP contribution in [0.2, 0.25) is 0 Å². The van der Waals surface area contributed by atoms with E-state index in [9.17, 15) is 8.42 Å². The van der Waals surface area contributed by atoms with Crippen LogP contribution < -0.4 is 10.5 Å². The van der Waals surface area contributed by atoms with E-state index in [1.165, 1.54) is 12.3 Å². The summed E-state index contributed by atoms with van der Waals surface area (Å²) in [7, 11) is -3.57. The van der Waals surface area contributed by atoms with Gasteiger partial charge in [0.15, 0.2) is 0 Å². The molecule has 96 valence electrons. The van der Waals surface area contributed by atoms with Gasteiger partial charge in [0.1, 0.15) is 4.90 Å². The van der Waals surface area contributed by atoms with Gasteiger partial charge >= 0.3 is 0 Å². The Morgan fingerprint density at radius 3 is 2.50 bits per heavy atom. The van der Waals surface area contributed by atoms with Crippen molar-refractivity contribution < 1.29 is 8.42 Å². The van der Waals surface area contributed by atoms with Gasteiger partial charge in [0.25, 0.3) is 10.0 Å². The Bertz CT molecular complexity index is 635. The molecule has 0 amide bonds. The zero-order valence-electron chi connectivity index (χ0n) is 9.35. The number of hydrogen-bond acceptors (Lipinski definition) is 3. The summed E-state index contributed by atoms with van der Waals surface area (Å²) in [6, 6.07) is 8.40. The normalized spacial score (nSPS) is 11.4. The second-order valence-electron chi connectivity index (χ2n) is 3.68. The van der Waals surface area contributed by atoms with Crippen molar-refractivity contribution >= 4 is 31.6 Å². The van der Waals surface area contributed by atoms with Gasteiger partial charge in [0.05, 0.1) is 0 Å². The number of halogens is 1. The largest absolute Gasteiger partial charge is 0.363 e. The molecule has 0 aliphatic rings. The number of aromatic amines is 1. The van der Waals surface area contributed by atoms with Crippen LogP contribution in [-0.4, -0.2) is 13.4 Å². The first-order valence-corrected chi connectivity index (χ1v) is 7.44. The fourth-order valence-electron chi connectivity index (χ4n) is 1.42. The average Bonchev–Trinajstić information content (AvgIpc) is 2.81. The van der Waals surface area contributed by atoms with Gasteiger partial charge in [-0.3, -0.25) is 4.72 Å². The van der Waals surface area contributed by atoms with Crippen LogP contribution in [0.25, 0.3) is 0 Å². The maximum absolute atomic E-state index is 12.0. The molecule has 0 atom stereocenters. The summed E-state index contributed by atoms with van der Waals surface area (Å²) < 4.78 is 27.4. The first-order valence-electron chi connectivity index (χ1n) is 5.17. The molecule has 0 saturated carbocycles. The average molecular weight is 330 g/mol. The number of rotatable bonds is 4. The predicted molar refractivity (Wildman–Crippen MR) is 73.6 cm³/mol. The quantitative estimate of drug-likeness (QED) is 0.801. The van der Waals surface area contributed by atoms with Crippen LogP contribution in [0.3, 0.4) is 0 Å². The van der Waals surface area contributed by atoms with Crippen LogP contribution in [-0.2, 0) is 16.6 Å². The van der Waals surface area contributed by atoms with Crippen molar-refractivity contribution in [3.05, 3.63) is 46.7 Å². The first kappa shape index (κ1) is 13.1. The van der Waals surface area contributed by atoms with Crippen molar-refractivity contribution in [3.63, 3.8) is 0 Å². The molecular formula is C11H12BrN3O2S. The lowest BCUT2D eigenvalue weighted by Gasteiger charge is -2.06. The third kappa shape index (κ3) is 2.92. The molecule has 0 fully saturated rings. The number of sulfonamides is 1. The molecule has 0 radical (unpaired) electrons. The first-order chi connectivity index (χ1) is 8.51. The standard InChI is InChI=1S/C11H12BrN3O2S/c12-8-1-3-9(4-2-8)15-18(16,17)11-5-10(6-13)14-7-11/h1-5,7,14-15H,6,13H2. The molecule has 0 bridgehead atoms. The minimum Gasteiger partial charge on any atom is -0.363 e. The maximum atomic E-state index is 12.0. The lowest BCUT2D eigenvalue weighted by Crippen LogP contribution is -2.12. The molecule has 1 aromatic carbocycles. The third-order valence-electron chi connectivity index (χ3n) is 2.34. The molecular weight excluding hydrogens is 318 g/mol. The van der Waals surface area contributed by atoms with E-state index in [1.807, 2.05) is 0 Å². The van der Waals surface area contributed by atoms with Crippen molar-refractivity contribution in [2.75, 3.05) is 4.72 Å². The molecule has 1 aromatic heterocycles. The molecule has 0 aliphatic heterocycles. The molecule has 0 saturated heterocycles. The number of nitrogens with one attached hydrogen (secondary N) is 2. The molecule has 1 heterocycles. The molecule has 7 heteroatoms. The fraction of sp³-hybridized carbons (Fsp3) is 0.0909. The molecule has 18 heavy (non-hydrogen) atoms. The highest BCUT2D eigenvalue weighted by molar-refractivity contribution is 9.10. The van der Waals surface area contributed by atoms with Crippen molar-refractivity contribution in [1.29, 1.82) is 0 Å². The monoisotopic (exact) mass is 329 g/mol. The molecule has 2 aromatic rings. The van der Waals surface area contributed by atoms with Crippen LogP contribution >= 0.6 is 15.9 Å². The van der Waals surface area contributed by atoms with E-state index >= 15 is 0 Å². The summed E-state index contributed by atoms with van der Waals surface area (Å²) >= 11 is 3.29. The lowest BCUT2D eigenvalue weighted by molar-refractivity contribution is 0.601. The minimum absolute atomic E-state index is 0.172. The van der Waals surface area contributed by atoms with Gasteiger partial charge in [-0.2, -0.15) is 0 Å². The highest BCUT2D eigenvalue weighted by Crippen LogP contribution is 2.19.